The number of nitrogens with zero attached hydrogens (tertiary/aromatic N) is 1. The van der Waals surface area contributed by atoms with Crippen molar-refractivity contribution in [2.45, 2.75) is 17.7 Å². The van der Waals surface area contributed by atoms with Crippen LogP contribution in [-0.2, 0) is 14.8 Å². The van der Waals surface area contributed by atoms with Gasteiger partial charge in [-0.3, -0.25) is 4.79 Å². The van der Waals surface area contributed by atoms with Gasteiger partial charge >= 0.3 is 6.03 Å². The Morgan fingerprint density at radius 2 is 1.70 bits per heavy atom. The number of halogens is 2. The van der Waals surface area contributed by atoms with Crippen molar-refractivity contribution in [3.63, 3.8) is 0 Å². The lowest BCUT2D eigenvalue weighted by Crippen LogP contribution is -2.41. The van der Waals surface area contributed by atoms with Gasteiger partial charge < -0.3 is 16.0 Å². The van der Waals surface area contributed by atoms with Gasteiger partial charge in [-0.2, -0.15) is 4.31 Å². The molecule has 11 heteroatoms. The topological polar surface area (TPSA) is 108 Å². The van der Waals surface area contributed by atoms with Gasteiger partial charge in [-0.1, -0.05) is 17.7 Å². The number of piperidine rings is 1. The third-order valence-corrected chi connectivity index (χ3v) is 7.36. The Hall–Kier alpha value is -2.95. The first-order valence-corrected chi connectivity index (χ1v) is 12.0. The normalized spacial score (nSPS) is 15.0. The van der Waals surface area contributed by atoms with Crippen molar-refractivity contribution in [3.05, 3.63) is 66.0 Å². The van der Waals surface area contributed by atoms with Gasteiger partial charge in [-0.25, -0.2) is 17.6 Å². The molecule has 1 saturated heterocycles. The molecular formula is C22H24ClFN4O4S. The molecule has 0 aromatic heterocycles. The molecule has 0 bridgehead atoms. The summed E-state index contributed by atoms with van der Waals surface area (Å²) in [7, 11) is -3.82. The number of benzene rings is 2. The van der Waals surface area contributed by atoms with Crippen molar-refractivity contribution in [2.75, 3.05) is 30.3 Å². The zero-order chi connectivity index (χ0) is 24.0. The molecule has 8 nitrogen and oxygen atoms in total. The van der Waals surface area contributed by atoms with Crippen molar-refractivity contribution in [3.8, 4) is 0 Å². The zero-order valence-electron chi connectivity index (χ0n) is 17.7. The SMILES string of the molecule is C=CCNC(=O)Nc1ccc(NC(=O)C2CCN(S(=O)(=O)c3ccc(F)c(Cl)c3)CC2)cc1. The first kappa shape index (κ1) is 24.7. The van der Waals surface area contributed by atoms with Crippen LogP contribution in [0.1, 0.15) is 12.8 Å². The highest BCUT2D eigenvalue weighted by Crippen LogP contribution is 2.27. The summed E-state index contributed by atoms with van der Waals surface area (Å²) >= 11 is 5.72. The van der Waals surface area contributed by atoms with Gasteiger partial charge in [0.05, 0.1) is 9.92 Å². The average molecular weight is 495 g/mol. The average Bonchev–Trinajstić information content (AvgIpc) is 2.80. The molecule has 3 N–H and O–H groups in total. The third-order valence-electron chi connectivity index (χ3n) is 5.17. The van der Waals surface area contributed by atoms with Crippen LogP contribution in [0.5, 0.6) is 0 Å². The molecule has 0 unspecified atom stereocenters. The molecule has 1 aliphatic rings. The fourth-order valence-electron chi connectivity index (χ4n) is 3.37. The Balaban J connectivity index is 1.53. The molecule has 1 aliphatic heterocycles. The smallest absolute Gasteiger partial charge is 0.319 e. The molecule has 0 spiro atoms. The number of hydrogen-bond acceptors (Lipinski definition) is 4. The van der Waals surface area contributed by atoms with Crippen molar-refractivity contribution in [2.24, 2.45) is 5.92 Å². The van der Waals surface area contributed by atoms with Gasteiger partial charge in [-0.15, -0.1) is 6.58 Å². The van der Waals surface area contributed by atoms with E-state index in [2.05, 4.69) is 22.5 Å². The van der Waals surface area contributed by atoms with E-state index in [1.165, 1.54) is 10.4 Å². The zero-order valence-corrected chi connectivity index (χ0v) is 19.3. The summed E-state index contributed by atoms with van der Waals surface area (Å²) in [6.45, 7) is 4.20. The minimum atomic E-state index is -3.82. The Morgan fingerprint density at radius 1 is 1.09 bits per heavy atom. The molecule has 3 amide bonds. The number of rotatable bonds is 7. The van der Waals surface area contributed by atoms with Crippen molar-refractivity contribution >= 4 is 44.9 Å². The molecule has 0 radical (unpaired) electrons. The Kier molecular flexibility index (Phi) is 8.06. The van der Waals surface area contributed by atoms with Crippen LogP contribution in [0.15, 0.2) is 60.0 Å². The second kappa shape index (κ2) is 10.8. The molecule has 176 valence electrons. The van der Waals surface area contributed by atoms with Gasteiger partial charge in [-0.05, 0) is 55.3 Å². The minimum Gasteiger partial charge on any atom is -0.334 e. The van der Waals surface area contributed by atoms with Gasteiger partial charge in [0, 0.05) is 36.9 Å². The third kappa shape index (κ3) is 6.31. The maximum absolute atomic E-state index is 13.4. The van der Waals surface area contributed by atoms with E-state index in [1.54, 1.807) is 30.3 Å². The van der Waals surface area contributed by atoms with Crippen molar-refractivity contribution < 1.29 is 22.4 Å². The fourth-order valence-corrected chi connectivity index (χ4v) is 5.11. The number of anilines is 2. The van der Waals surface area contributed by atoms with Gasteiger partial charge in [0.25, 0.3) is 0 Å². The van der Waals surface area contributed by atoms with E-state index in [9.17, 15) is 22.4 Å². The van der Waals surface area contributed by atoms with E-state index >= 15 is 0 Å². The van der Waals surface area contributed by atoms with E-state index in [1.807, 2.05) is 0 Å². The van der Waals surface area contributed by atoms with E-state index < -0.39 is 15.8 Å². The Labute approximate surface area is 196 Å². The first-order chi connectivity index (χ1) is 15.7. The number of carbonyl (C=O) groups excluding carboxylic acids is 2. The van der Waals surface area contributed by atoms with Crippen LogP contribution < -0.4 is 16.0 Å². The highest BCUT2D eigenvalue weighted by atomic mass is 35.5. The fraction of sp³-hybridized carbons (Fsp3) is 0.273. The van der Waals surface area contributed by atoms with Gasteiger partial charge in [0.1, 0.15) is 5.82 Å². The summed E-state index contributed by atoms with van der Waals surface area (Å²) < 4.78 is 40.2. The lowest BCUT2D eigenvalue weighted by molar-refractivity contribution is -0.120. The van der Waals surface area contributed by atoms with Crippen molar-refractivity contribution in [1.29, 1.82) is 0 Å². The van der Waals surface area contributed by atoms with Gasteiger partial charge in [0.15, 0.2) is 0 Å². The van der Waals surface area contributed by atoms with E-state index in [-0.39, 0.29) is 40.9 Å². The molecule has 1 heterocycles. The summed E-state index contributed by atoms with van der Waals surface area (Å²) in [5, 5.41) is 7.81. The minimum absolute atomic E-state index is 0.0799. The Bertz CT molecular complexity index is 1130. The van der Waals surface area contributed by atoms with Crippen LogP contribution in [-0.4, -0.2) is 44.3 Å². The molecule has 3 rings (SSSR count). The number of urea groups is 1. The maximum atomic E-state index is 13.4. The highest BCUT2D eigenvalue weighted by molar-refractivity contribution is 7.89. The second-order valence-corrected chi connectivity index (χ2v) is 9.79. The summed E-state index contributed by atoms with van der Waals surface area (Å²) in [6.07, 6.45) is 2.27. The van der Waals surface area contributed by atoms with Crippen LogP contribution in [0.4, 0.5) is 20.6 Å². The number of amides is 3. The molecule has 0 atom stereocenters. The Morgan fingerprint density at radius 3 is 2.27 bits per heavy atom. The van der Waals surface area contributed by atoms with Gasteiger partial charge in [0.2, 0.25) is 15.9 Å². The lowest BCUT2D eigenvalue weighted by atomic mass is 9.97. The summed E-state index contributed by atoms with van der Waals surface area (Å²) in [5.74, 6) is -1.25. The maximum Gasteiger partial charge on any atom is 0.319 e. The predicted octanol–water partition coefficient (Wildman–Crippen LogP) is 3.83. The molecule has 0 saturated carbocycles. The van der Waals surface area contributed by atoms with Crippen LogP contribution in [0.3, 0.4) is 0 Å². The molecule has 2 aromatic rings. The number of carbonyl (C=O) groups is 2. The van der Waals surface area contributed by atoms with E-state index in [0.29, 0.717) is 30.8 Å². The largest absolute Gasteiger partial charge is 0.334 e. The monoisotopic (exact) mass is 494 g/mol. The lowest BCUT2D eigenvalue weighted by Gasteiger charge is -2.30. The molecule has 0 aliphatic carbocycles. The standard InChI is InChI=1S/C22H24ClFN4O4S/c1-2-11-25-22(30)27-17-5-3-16(4-6-17)26-21(29)15-9-12-28(13-10-15)33(31,32)18-7-8-20(24)19(23)14-18/h2-8,14-15H,1,9-13H2,(H,26,29)(H2,25,27,30). The number of sulfonamides is 1. The van der Waals surface area contributed by atoms with Crippen LogP contribution >= 0.6 is 11.6 Å². The molecule has 2 aromatic carbocycles. The summed E-state index contributed by atoms with van der Waals surface area (Å²) in [4.78, 5) is 24.2. The number of hydrogen-bond donors (Lipinski definition) is 3. The summed E-state index contributed by atoms with van der Waals surface area (Å²) in [5.41, 5.74) is 1.13. The summed E-state index contributed by atoms with van der Waals surface area (Å²) in [6, 6.07) is 9.57. The van der Waals surface area contributed by atoms with Crippen LogP contribution in [0.2, 0.25) is 5.02 Å². The van der Waals surface area contributed by atoms with Crippen molar-refractivity contribution in [1.82, 2.24) is 9.62 Å². The van der Waals surface area contributed by atoms with Crippen LogP contribution in [0, 0.1) is 11.7 Å². The predicted molar refractivity (Wildman–Crippen MR) is 125 cm³/mol. The van der Waals surface area contributed by atoms with E-state index in [0.717, 1.165) is 12.1 Å². The second-order valence-electron chi connectivity index (χ2n) is 7.44. The molecule has 1 fully saturated rings. The molecule has 33 heavy (non-hydrogen) atoms. The molecular weight excluding hydrogens is 471 g/mol. The quantitative estimate of drug-likeness (QED) is 0.508. The number of nitrogens with one attached hydrogen (secondary N) is 3. The van der Waals surface area contributed by atoms with E-state index in [4.69, 9.17) is 11.6 Å². The van der Waals surface area contributed by atoms with Crippen LogP contribution in [0.25, 0.3) is 0 Å². The first-order valence-electron chi connectivity index (χ1n) is 10.2. The highest BCUT2D eigenvalue weighted by Gasteiger charge is 2.32.